The van der Waals surface area contributed by atoms with Crippen LogP contribution in [-0.4, -0.2) is 47.9 Å². The van der Waals surface area contributed by atoms with E-state index in [1.807, 2.05) is 18.7 Å². The van der Waals surface area contributed by atoms with Gasteiger partial charge in [0.15, 0.2) is 0 Å². The Bertz CT molecular complexity index is 514. The highest BCUT2D eigenvalue weighted by molar-refractivity contribution is 7.99. The minimum absolute atomic E-state index is 0. The number of aromatic nitrogens is 1. The van der Waals surface area contributed by atoms with Crippen molar-refractivity contribution in [1.29, 1.82) is 0 Å². The number of aryl methyl sites for hydroxylation is 2. The summed E-state index contributed by atoms with van der Waals surface area (Å²) in [6.45, 7) is 8.00. The first-order valence-electron chi connectivity index (χ1n) is 8.08. The van der Waals surface area contributed by atoms with Gasteiger partial charge in [0.05, 0.1) is 11.4 Å². The maximum atomic E-state index is 12.4. The average molecular weight is 360 g/mol. The summed E-state index contributed by atoms with van der Waals surface area (Å²) < 4.78 is 5.16. The Balaban J connectivity index is 0.00000192. The molecule has 0 radical (unpaired) electrons. The summed E-state index contributed by atoms with van der Waals surface area (Å²) >= 11 is 1.66. The van der Waals surface area contributed by atoms with E-state index >= 15 is 0 Å². The maximum absolute atomic E-state index is 12.4. The van der Waals surface area contributed by atoms with Crippen molar-refractivity contribution < 1.29 is 9.32 Å². The second-order valence-corrected chi connectivity index (χ2v) is 7.59. The van der Waals surface area contributed by atoms with E-state index in [2.05, 4.69) is 10.5 Å². The van der Waals surface area contributed by atoms with Crippen LogP contribution in [-0.2, 0) is 10.5 Å². The van der Waals surface area contributed by atoms with Gasteiger partial charge >= 0.3 is 0 Å². The Morgan fingerprint density at radius 1 is 1.35 bits per heavy atom. The molecule has 1 N–H and O–H groups in total. The van der Waals surface area contributed by atoms with Crippen LogP contribution >= 0.6 is 24.2 Å². The summed E-state index contributed by atoms with van der Waals surface area (Å²) in [6.07, 6.45) is 3.58. The largest absolute Gasteiger partial charge is 0.361 e. The van der Waals surface area contributed by atoms with Crippen LogP contribution in [0.1, 0.15) is 36.3 Å². The number of likely N-dealkylation sites (tertiary alicyclic amines) is 1. The zero-order chi connectivity index (χ0) is 15.6. The lowest BCUT2D eigenvalue weighted by Gasteiger charge is -2.38. The predicted molar refractivity (Wildman–Crippen MR) is 95.1 cm³/mol. The van der Waals surface area contributed by atoms with E-state index in [1.54, 1.807) is 11.8 Å². The van der Waals surface area contributed by atoms with Gasteiger partial charge in [-0.05, 0) is 45.1 Å². The molecule has 2 fully saturated rings. The normalized spacial score (nSPS) is 19.8. The number of hydrogen-bond acceptors (Lipinski definition) is 5. The Labute approximate surface area is 148 Å². The molecule has 0 aromatic carbocycles. The Morgan fingerprint density at radius 3 is 2.65 bits per heavy atom. The van der Waals surface area contributed by atoms with Gasteiger partial charge in [0.1, 0.15) is 5.76 Å². The lowest BCUT2D eigenvalue weighted by atomic mass is 9.78. The number of halogens is 1. The first-order valence-corrected chi connectivity index (χ1v) is 9.23. The molecule has 1 spiro atoms. The molecule has 2 aliphatic rings. The Kier molecular flexibility index (Phi) is 6.40. The van der Waals surface area contributed by atoms with Crippen molar-refractivity contribution in [3.8, 4) is 0 Å². The van der Waals surface area contributed by atoms with Crippen molar-refractivity contribution in [2.45, 2.75) is 38.9 Å². The molecule has 7 heteroatoms. The summed E-state index contributed by atoms with van der Waals surface area (Å²) in [7, 11) is 0. The quantitative estimate of drug-likeness (QED) is 0.895. The van der Waals surface area contributed by atoms with Crippen LogP contribution in [0.4, 0.5) is 0 Å². The zero-order valence-corrected chi connectivity index (χ0v) is 15.5. The van der Waals surface area contributed by atoms with Crippen molar-refractivity contribution in [3.63, 3.8) is 0 Å². The molecule has 1 amide bonds. The fraction of sp³-hybridized carbons (Fsp3) is 0.750. The molecule has 1 aromatic rings. The molecule has 130 valence electrons. The third-order valence-corrected chi connectivity index (χ3v) is 6.11. The topological polar surface area (TPSA) is 58.4 Å². The van der Waals surface area contributed by atoms with Crippen molar-refractivity contribution in [2.24, 2.45) is 5.41 Å². The number of piperidine rings is 1. The average Bonchev–Trinajstić information content (AvgIpc) is 3.09. The summed E-state index contributed by atoms with van der Waals surface area (Å²) in [5.74, 6) is 2.49. The third-order valence-electron chi connectivity index (χ3n) is 5.16. The standard InChI is InChI=1S/C16H25N3O2S.ClH/c1-12-14(13(2)21-18-12)9-22-10-15(20)19-7-4-16(5-8-19)3-6-17-11-16;/h17H,3-11H2,1-2H3;1H. The summed E-state index contributed by atoms with van der Waals surface area (Å²) in [5.41, 5.74) is 2.54. The molecular formula is C16H26ClN3O2S. The first-order chi connectivity index (χ1) is 10.6. The molecule has 0 saturated carbocycles. The number of carbonyl (C=O) groups is 1. The van der Waals surface area contributed by atoms with E-state index in [-0.39, 0.29) is 18.3 Å². The van der Waals surface area contributed by atoms with Gasteiger partial charge in [-0.15, -0.1) is 24.2 Å². The molecule has 2 saturated heterocycles. The molecule has 2 aliphatic heterocycles. The number of nitrogens with zero attached hydrogens (tertiary/aromatic N) is 2. The minimum Gasteiger partial charge on any atom is -0.361 e. The van der Waals surface area contributed by atoms with E-state index < -0.39 is 0 Å². The van der Waals surface area contributed by atoms with Gasteiger partial charge in [-0.3, -0.25) is 4.79 Å². The highest BCUT2D eigenvalue weighted by atomic mass is 35.5. The molecular weight excluding hydrogens is 334 g/mol. The number of thioether (sulfide) groups is 1. The highest BCUT2D eigenvalue weighted by Crippen LogP contribution is 2.37. The molecule has 0 atom stereocenters. The molecule has 23 heavy (non-hydrogen) atoms. The van der Waals surface area contributed by atoms with Crippen LogP contribution < -0.4 is 5.32 Å². The summed E-state index contributed by atoms with van der Waals surface area (Å²) in [5, 5.41) is 7.42. The molecule has 3 rings (SSSR count). The second kappa shape index (κ2) is 7.90. The first kappa shape index (κ1) is 18.6. The van der Waals surface area contributed by atoms with E-state index in [4.69, 9.17) is 4.52 Å². The fourth-order valence-electron chi connectivity index (χ4n) is 3.49. The number of carbonyl (C=O) groups excluding carboxylic acids is 1. The SMILES string of the molecule is Cc1noc(C)c1CSCC(=O)N1CCC2(CCNC2)CC1.Cl. The van der Waals surface area contributed by atoms with Gasteiger partial charge in [-0.2, -0.15) is 0 Å². The van der Waals surface area contributed by atoms with Crippen molar-refractivity contribution >= 4 is 30.1 Å². The second-order valence-electron chi connectivity index (χ2n) is 6.60. The smallest absolute Gasteiger partial charge is 0.232 e. The van der Waals surface area contributed by atoms with Crippen LogP contribution in [0.5, 0.6) is 0 Å². The third kappa shape index (κ3) is 4.22. The molecule has 0 unspecified atom stereocenters. The lowest BCUT2D eigenvalue weighted by molar-refractivity contribution is -0.130. The fourth-order valence-corrected chi connectivity index (χ4v) is 4.57. The Hall–Kier alpha value is -0.720. The zero-order valence-electron chi connectivity index (χ0n) is 13.9. The molecule has 0 bridgehead atoms. The summed E-state index contributed by atoms with van der Waals surface area (Å²) in [6, 6.07) is 0. The van der Waals surface area contributed by atoms with Crippen molar-refractivity contribution in [1.82, 2.24) is 15.4 Å². The number of rotatable bonds is 4. The predicted octanol–water partition coefficient (Wildman–Crippen LogP) is 2.55. The molecule has 0 aliphatic carbocycles. The molecule has 3 heterocycles. The van der Waals surface area contributed by atoms with Crippen LogP contribution in [0.15, 0.2) is 4.52 Å². The Morgan fingerprint density at radius 2 is 2.09 bits per heavy atom. The van der Waals surface area contributed by atoms with Gasteiger partial charge in [-0.25, -0.2) is 0 Å². The van der Waals surface area contributed by atoms with Crippen LogP contribution in [0.2, 0.25) is 0 Å². The maximum Gasteiger partial charge on any atom is 0.232 e. The van der Waals surface area contributed by atoms with Gasteiger partial charge in [-0.1, -0.05) is 5.16 Å². The summed E-state index contributed by atoms with van der Waals surface area (Å²) in [4.78, 5) is 14.4. The monoisotopic (exact) mass is 359 g/mol. The minimum atomic E-state index is 0. The van der Waals surface area contributed by atoms with E-state index in [9.17, 15) is 4.79 Å². The van der Waals surface area contributed by atoms with Gasteiger partial charge in [0.2, 0.25) is 5.91 Å². The van der Waals surface area contributed by atoms with Crippen LogP contribution in [0, 0.1) is 19.3 Å². The van der Waals surface area contributed by atoms with Gasteiger partial charge in [0, 0.05) is 31.0 Å². The van der Waals surface area contributed by atoms with E-state index in [0.29, 0.717) is 11.2 Å². The van der Waals surface area contributed by atoms with Crippen LogP contribution in [0.25, 0.3) is 0 Å². The van der Waals surface area contributed by atoms with Gasteiger partial charge < -0.3 is 14.7 Å². The van der Waals surface area contributed by atoms with Crippen LogP contribution in [0.3, 0.4) is 0 Å². The number of nitrogens with one attached hydrogen (secondary N) is 1. The van der Waals surface area contributed by atoms with Crippen molar-refractivity contribution in [2.75, 3.05) is 31.9 Å². The van der Waals surface area contributed by atoms with E-state index in [1.165, 1.54) is 6.42 Å². The molecule has 5 nitrogen and oxygen atoms in total. The number of amides is 1. The highest BCUT2D eigenvalue weighted by Gasteiger charge is 2.37. The number of hydrogen-bond donors (Lipinski definition) is 1. The van der Waals surface area contributed by atoms with Gasteiger partial charge in [0.25, 0.3) is 0 Å². The van der Waals surface area contributed by atoms with E-state index in [0.717, 1.165) is 61.8 Å². The molecule has 1 aromatic heterocycles. The lowest BCUT2D eigenvalue weighted by Crippen LogP contribution is -2.44. The van der Waals surface area contributed by atoms with Crippen molar-refractivity contribution in [3.05, 3.63) is 17.0 Å².